The van der Waals surface area contributed by atoms with Gasteiger partial charge in [-0.05, 0) is 26.7 Å². The van der Waals surface area contributed by atoms with E-state index in [4.69, 9.17) is 5.84 Å². The molecular weight excluding hydrogens is 152 g/mol. The third-order valence-corrected chi connectivity index (χ3v) is 1.92. The molecule has 1 aliphatic heterocycles. The first kappa shape index (κ1) is 9.32. The van der Waals surface area contributed by atoms with Gasteiger partial charge < -0.3 is 4.90 Å². The third kappa shape index (κ3) is 2.37. The molecule has 4 nitrogen and oxygen atoms in total. The molecule has 70 valence electrons. The lowest BCUT2D eigenvalue weighted by Crippen LogP contribution is -2.43. The summed E-state index contributed by atoms with van der Waals surface area (Å²) in [6.07, 6.45) is 2.50. The van der Waals surface area contributed by atoms with E-state index in [1.807, 2.05) is 13.8 Å². The maximum absolute atomic E-state index is 5.38. The average molecular weight is 170 g/mol. The third-order valence-electron chi connectivity index (χ3n) is 1.92. The molecule has 0 aromatic carbocycles. The van der Waals surface area contributed by atoms with Crippen molar-refractivity contribution in [1.29, 1.82) is 0 Å². The second-order valence-corrected chi connectivity index (χ2v) is 3.38. The van der Waals surface area contributed by atoms with Crippen LogP contribution in [0, 0.1) is 0 Å². The van der Waals surface area contributed by atoms with Crippen molar-refractivity contribution >= 4 is 5.96 Å². The number of guanidine groups is 1. The lowest BCUT2D eigenvalue weighted by molar-refractivity contribution is 0.490. The Morgan fingerprint density at radius 2 is 2.00 bits per heavy atom. The van der Waals surface area contributed by atoms with Gasteiger partial charge in [-0.1, -0.05) is 0 Å². The summed E-state index contributed by atoms with van der Waals surface area (Å²) in [5.74, 6) is 6.21. The van der Waals surface area contributed by atoms with Crippen LogP contribution in [-0.2, 0) is 0 Å². The van der Waals surface area contributed by atoms with Crippen LogP contribution in [0.2, 0.25) is 0 Å². The van der Waals surface area contributed by atoms with Gasteiger partial charge in [0.05, 0.1) is 0 Å². The van der Waals surface area contributed by atoms with Gasteiger partial charge in [0.15, 0.2) is 0 Å². The molecule has 1 aliphatic rings. The number of likely N-dealkylation sites (tertiary alicyclic amines) is 1. The first-order chi connectivity index (χ1) is 5.74. The number of hydrogen-bond acceptors (Lipinski definition) is 2. The number of aliphatic imine (C=N–C) groups is 1. The molecule has 1 rings (SSSR count). The highest BCUT2D eigenvalue weighted by Gasteiger charge is 2.15. The maximum atomic E-state index is 5.38. The van der Waals surface area contributed by atoms with E-state index >= 15 is 0 Å². The minimum Gasteiger partial charge on any atom is -0.342 e. The van der Waals surface area contributed by atoms with E-state index in [0.29, 0.717) is 6.04 Å². The number of nitrogens with zero attached hydrogens (tertiary/aromatic N) is 2. The first-order valence-electron chi connectivity index (χ1n) is 4.53. The monoisotopic (exact) mass is 170 g/mol. The summed E-state index contributed by atoms with van der Waals surface area (Å²) in [5, 5.41) is 0. The van der Waals surface area contributed by atoms with Crippen molar-refractivity contribution < 1.29 is 0 Å². The van der Waals surface area contributed by atoms with Crippen LogP contribution in [0.4, 0.5) is 0 Å². The Hall–Kier alpha value is -0.770. The highest BCUT2D eigenvalue weighted by atomic mass is 15.4. The van der Waals surface area contributed by atoms with E-state index in [2.05, 4.69) is 15.3 Å². The fourth-order valence-electron chi connectivity index (χ4n) is 1.38. The Labute approximate surface area is 73.8 Å². The number of rotatable bonds is 1. The average Bonchev–Trinajstić information content (AvgIpc) is 2.51. The topological polar surface area (TPSA) is 53.6 Å². The molecule has 0 aromatic heterocycles. The smallest absolute Gasteiger partial charge is 0.208 e. The maximum Gasteiger partial charge on any atom is 0.208 e. The van der Waals surface area contributed by atoms with Gasteiger partial charge in [0.25, 0.3) is 0 Å². The zero-order valence-corrected chi connectivity index (χ0v) is 7.88. The van der Waals surface area contributed by atoms with E-state index in [9.17, 15) is 0 Å². The van der Waals surface area contributed by atoms with E-state index in [0.717, 1.165) is 19.0 Å². The molecule has 0 aromatic rings. The zero-order valence-electron chi connectivity index (χ0n) is 7.88. The molecule has 0 spiro atoms. The van der Waals surface area contributed by atoms with Gasteiger partial charge in [-0.3, -0.25) is 5.43 Å². The molecule has 1 fully saturated rings. The lowest BCUT2D eigenvalue weighted by atomic mass is 10.4. The summed E-state index contributed by atoms with van der Waals surface area (Å²) >= 11 is 0. The molecule has 12 heavy (non-hydrogen) atoms. The summed E-state index contributed by atoms with van der Waals surface area (Å²) in [4.78, 5) is 6.58. The number of nitrogens with two attached hydrogens (primary N) is 1. The van der Waals surface area contributed by atoms with Crippen LogP contribution in [0.25, 0.3) is 0 Å². The lowest BCUT2D eigenvalue weighted by Gasteiger charge is -2.19. The fourth-order valence-corrected chi connectivity index (χ4v) is 1.38. The molecule has 0 saturated carbocycles. The molecule has 3 N–H and O–H groups in total. The van der Waals surface area contributed by atoms with Crippen molar-refractivity contribution in [1.82, 2.24) is 10.3 Å². The van der Waals surface area contributed by atoms with Gasteiger partial charge in [0, 0.05) is 19.1 Å². The van der Waals surface area contributed by atoms with Crippen LogP contribution in [0.1, 0.15) is 26.7 Å². The molecular formula is C8H18N4. The molecule has 0 bridgehead atoms. The van der Waals surface area contributed by atoms with E-state index < -0.39 is 0 Å². The van der Waals surface area contributed by atoms with Gasteiger partial charge in [-0.2, -0.15) is 0 Å². The Balaban J connectivity index is 2.54. The van der Waals surface area contributed by atoms with Crippen molar-refractivity contribution in [3.63, 3.8) is 0 Å². The van der Waals surface area contributed by atoms with E-state index in [1.165, 1.54) is 12.8 Å². The number of nitrogens with one attached hydrogen (secondary N) is 1. The molecule has 0 atom stereocenters. The predicted molar refractivity (Wildman–Crippen MR) is 50.7 cm³/mol. The van der Waals surface area contributed by atoms with Crippen LogP contribution in [0.3, 0.4) is 0 Å². The predicted octanol–water partition coefficient (Wildman–Crippen LogP) is 0.310. The standard InChI is InChI=1S/C8H18N4/c1-7(2)10-8(11-9)12-5-3-4-6-12/h7H,3-6,9H2,1-2H3,(H,10,11). The van der Waals surface area contributed by atoms with Crippen molar-refractivity contribution in [3.8, 4) is 0 Å². The number of hydrazine groups is 1. The quantitative estimate of drug-likeness (QED) is 0.258. The van der Waals surface area contributed by atoms with Crippen LogP contribution >= 0.6 is 0 Å². The second kappa shape index (κ2) is 4.30. The van der Waals surface area contributed by atoms with Crippen LogP contribution < -0.4 is 11.3 Å². The highest BCUT2D eigenvalue weighted by molar-refractivity contribution is 5.79. The van der Waals surface area contributed by atoms with E-state index in [1.54, 1.807) is 0 Å². The van der Waals surface area contributed by atoms with Crippen LogP contribution in [0.15, 0.2) is 4.99 Å². The van der Waals surface area contributed by atoms with Gasteiger partial charge in [0.1, 0.15) is 0 Å². The number of hydrogen-bond donors (Lipinski definition) is 2. The van der Waals surface area contributed by atoms with Crippen molar-refractivity contribution in [2.45, 2.75) is 32.7 Å². The molecule has 0 amide bonds. The van der Waals surface area contributed by atoms with Crippen LogP contribution in [0.5, 0.6) is 0 Å². The van der Waals surface area contributed by atoms with Crippen LogP contribution in [-0.4, -0.2) is 30.0 Å². The van der Waals surface area contributed by atoms with Crippen molar-refractivity contribution in [2.24, 2.45) is 10.8 Å². The molecule has 1 saturated heterocycles. The normalized spacial score (nSPS) is 19.0. The molecule has 1 heterocycles. The fraction of sp³-hybridized carbons (Fsp3) is 0.875. The van der Waals surface area contributed by atoms with Gasteiger partial charge in [-0.15, -0.1) is 0 Å². The largest absolute Gasteiger partial charge is 0.342 e. The molecule has 4 heteroatoms. The van der Waals surface area contributed by atoms with Crippen molar-refractivity contribution in [3.05, 3.63) is 0 Å². The summed E-state index contributed by atoms with van der Waals surface area (Å²) in [6.45, 7) is 6.26. The summed E-state index contributed by atoms with van der Waals surface area (Å²) in [5.41, 5.74) is 2.65. The molecule has 0 aliphatic carbocycles. The van der Waals surface area contributed by atoms with E-state index in [-0.39, 0.29) is 0 Å². The van der Waals surface area contributed by atoms with Gasteiger partial charge in [0.2, 0.25) is 5.96 Å². The minimum absolute atomic E-state index is 0.302. The van der Waals surface area contributed by atoms with Gasteiger partial charge >= 0.3 is 0 Å². The summed E-state index contributed by atoms with van der Waals surface area (Å²) in [6, 6.07) is 0.302. The second-order valence-electron chi connectivity index (χ2n) is 3.38. The van der Waals surface area contributed by atoms with Crippen molar-refractivity contribution in [2.75, 3.05) is 13.1 Å². The SMILES string of the molecule is CC(C)N=C(NN)N1CCCC1. The summed E-state index contributed by atoms with van der Waals surface area (Å²) < 4.78 is 0. The highest BCUT2D eigenvalue weighted by Crippen LogP contribution is 2.07. The Kier molecular flexibility index (Phi) is 3.34. The Morgan fingerprint density at radius 1 is 1.42 bits per heavy atom. The van der Waals surface area contributed by atoms with Gasteiger partial charge in [-0.25, -0.2) is 10.8 Å². The summed E-state index contributed by atoms with van der Waals surface area (Å²) in [7, 11) is 0. The molecule has 0 unspecified atom stereocenters. The Bertz CT molecular complexity index is 158. The Morgan fingerprint density at radius 3 is 2.42 bits per heavy atom. The first-order valence-corrected chi connectivity index (χ1v) is 4.53. The zero-order chi connectivity index (χ0) is 8.97. The minimum atomic E-state index is 0.302. The molecule has 0 radical (unpaired) electrons.